The van der Waals surface area contributed by atoms with E-state index in [2.05, 4.69) is 4.98 Å². The largest absolute Gasteiger partial charge is 0.478 e. The molecule has 1 aromatic heterocycles. The van der Waals surface area contributed by atoms with Crippen LogP contribution in [0.3, 0.4) is 0 Å². The summed E-state index contributed by atoms with van der Waals surface area (Å²) in [7, 11) is 0. The molecule has 3 N–H and O–H groups in total. The molecular weight excluding hydrogens is 213 g/mol. The van der Waals surface area contributed by atoms with Crippen molar-refractivity contribution in [2.24, 2.45) is 5.73 Å². The number of rotatable bonds is 3. The van der Waals surface area contributed by atoms with E-state index < -0.39 is 41.7 Å². The van der Waals surface area contributed by atoms with Gasteiger partial charge in [-0.25, -0.2) is 18.6 Å². The average molecular weight is 220 g/mol. The second kappa shape index (κ2) is 4.26. The molecule has 1 rings (SSSR count). The van der Waals surface area contributed by atoms with Crippen molar-refractivity contribution in [3.05, 3.63) is 28.8 Å². The molecule has 0 saturated carbocycles. The first-order valence-corrected chi connectivity index (χ1v) is 3.88. The van der Waals surface area contributed by atoms with Crippen molar-refractivity contribution < 1.29 is 23.1 Å². The van der Waals surface area contributed by atoms with Crippen molar-refractivity contribution in [1.29, 1.82) is 0 Å². The van der Waals surface area contributed by atoms with Gasteiger partial charge < -0.3 is 10.8 Å². The van der Waals surface area contributed by atoms with Crippen LogP contribution in [0.1, 0.15) is 28.0 Å². The van der Waals surface area contributed by atoms with Crippen LogP contribution in [0.15, 0.2) is 6.07 Å². The minimum absolute atomic E-state index is 0.391. The van der Waals surface area contributed by atoms with E-state index in [9.17, 15) is 18.0 Å². The van der Waals surface area contributed by atoms with Gasteiger partial charge in [0.15, 0.2) is 0 Å². The van der Waals surface area contributed by atoms with Crippen LogP contribution in [-0.2, 0) is 6.54 Å². The van der Waals surface area contributed by atoms with E-state index in [1.165, 1.54) is 0 Å². The second-order valence-electron chi connectivity index (χ2n) is 2.67. The Hall–Kier alpha value is -1.63. The van der Waals surface area contributed by atoms with Gasteiger partial charge in [-0.3, -0.25) is 0 Å². The molecule has 0 aromatic carbocycles. The van der Waals surface area contributed by atoms with Gasteiger partial charge in [-0.2, -0.15) is 4.39 Å². The zero-order valence-electron chi connectivity index (χ0n) is 7.38. The number of hydrogen-bond acceptors (Lipinski definition) is 3. The van der Waals surface area contributed by atoms with Crippen LogP contribution in [0.4, 0.5) is 13.2 Å². The number of hydrogen-bond donors (Lipinski definition) is 2. The third-order valence-corrected chi connectivity index (χ3v) is 1.74. The normalized spacial score (nSPS) is 10.7. The Labute approximate surface area is 82.5 Å². The Kier molecular flexibility index (Phi) is 3.25. The van der Waals surface area contributed by atoms with Crippen LogP contribution in [0.5, 0.6) is 0 Å². The van der Waals surface area contributed by atoms with Gasteiger partial charge in [-0.15, -0.1) is 0 Å². The molecule has 15 heavy (non-hydrogen) atoms. The Morgan fingerprint density at radius 3 is 2.60 bits per heavy atom. The SMILES string of the molecule is NCc1nc(F)cc(C(F)F)c1C(=O)O. The van der Waals surface area contributed by atoms with Crippen LogP contribution in [-0.4, -0.2) is 16.1 Å². The molecule has 0 radical (unpaired) electrons. The van der Waals surface area contributed by atoms with E-state index in [0.717, 1.165) is 0 Å². The van der Waals surface area contributed by atoms with Gasteiger partial charge in [0.05, 0.1) is 11.3 Å². The Morgan fingerprint density at radius 2 is 2.20 bits per heavy atom. The number of nitrogens with two attached hydrogens (primary N) is 1. The molecule has 0 aliphatic carbocycles. The molecule has 0 spiro atoms. The van der Waals surface area contributed by atoms with Crippen molar-refractivity contribution in [2.45, 2.75) is 13.0 Å². The zero-order valence-corrected chi connectivity index (χ0v) is 7.38. The fourth-order valence-corrected chi connectivity index (χ4v) is 1.15. The lowest BCUT2D eigenvalue weighted by atomic mass is 10.1. The number of carboxylic acid groups (broad SMARTS) is 1. The van der Waals surface area contributed by atoms with Gasteiger partial charge in [0.2, 0.25) is 5.95 Å². The van der Waals surface area contributed by atoms with Crippen molar-refractivity contribution in [1.82, 2.24) is 4.98 Å². The van der Waals surface area contributed by atoms with E-state index in [1.807, 2.05) is 0 Å². The van der Waals surface area contributed by atoms with Gasteiger partial charge in [0, 0.05) is 18.2 Å². The van der Waals surface area contributed by atoms with Crippen molar-refractivity contribution in [3.8, 4) is 0 Å². The van der Waals surface area contributed by atoms with Gasteiger partial charge in [-0.1, -0.05) is 0 Å². The van der Waals surface area contributed by atoms with Gasteiger partial charge in [0.1, 0.15) is 0 Å². The maximum atomic E-state index is 12.7. The molecule has 1 heterocycles. The van der Waals surface area contributed by atoms with Crippen molar-refractivity contribution >= 4 is 5.97 Å². The quantitative estimate of drug-likeness (QED) is 0.753. The zero-order chi connectivity index (χ0) is 11.6. The van der Waals surface area contributed by atoms with Crippen molar-refractivity contribution in [2.75, 3.05) is 0 Å². The lowest BCUT2D eigenvalue weighted by Crippen LogP contribution is -2.14. The minimum Gasteiger partial charge on any atom is -0.478 e. The average Bonchev–Trinajstić information content (AvgIpc) is 2.15. The molecule has 0 fully saturated rings. The number of carbonyl (C=O) groups is 1. The highest BCUT2D eigenvalue weighted by atomic mass is 19.3. The number of nitrogens with zero attached hydrogens (tertiary/aromatic N) is 1. The van der Waals surface area contributed by atoms with Crippen LogP contribution in [0.25, 0.3) is 0 Å². The third-order valence-electron chi connectivity index (χ3n) is 1.74. The van der Waals surface area contributed by atoms with E-state index in [0.29, 0.717) is 6.07 Å². The monoisotopic (exact) mass is 220 g/mol. The van der Waals surface area contributed by atoms with Gasteiger partial charge in [-0.05, 0) is 0 Å². The molecule has 1 aromatic rings. The molecule has 0 amide bonds. The van der Waals surface area contributed by atoms with Gasteiger partial charge in [0.25, 0.3) is 6.43 Å². The van der Waals surface area contributed by atoms with E-state index in [4.69, 9.17) is 10.8 Å². The maximum absolute atomic E-state index is 12.7. The molecule has 0 bridgehead atoms. The summed E-state index contributed by atoms with van der Waals surface area (Å²) in [6.07, 6.45) is -3.08. The Morgan fingerprint density at radius 1 is 1.60 bits per heavy atom. The first-order valence-electron chi connectivity index (χ1n) is 3.88. The molecule has 0 unspecified atom stereocenters. The minimum atomic E-state index is -3.08. The molecule has 0 saturated heterocycles. The molecule has 0 aliphatic heterocycles. The number of aromatic carboxylic acids is 1. The summed E-state index contributed by atoms with van der Waals surface area (Å²) in [4.78, 5) is 13.8. The second-order valence-corrected chi connectivity index (χ2v) is 2.67. The molecule has 7 heteroatoms. The van der Waals surface area contributed by atoms with E-state index in [1.54, 1.807) is 0 Å². The summed E-state index contributed by atoms with van der Waals surface area (Å²) in [5, 5.41) is 8.67. The van der Waals surface area contributed by atoms with Crippen LogP contribution in [0, 0.1) is 5.95 Å². The highest BCUT2D eigenvalue weighted by Crippen LogP contribution is 2.25. The number of carboxylic acids is 1. The molecule has 4 nitrogen and oxygen atoms in total. The summed E-state index contributed by atoms with van der Waals surface area (Å²) in [6.45, 7) is -0.418. The molecule has 0 atom stereocenters. The number of halogens is 3. The molecule has 82 valence electrons. The predicted molar refractivity (Wildman–Crippen MR) is 44.0 cm³/mol. The first kappa shape index (κ1) is 11.4. The number of aromatic nitrogens is 1. The number of pyridine rings is 1. The number of alkyl halides is 2. The molecule has 0 aliphatic rings. The summed E-state index contributed by atoms with van der Waals surface area (Å²) in [5.74, 6) is -2.77. The lowest BCUT2D eigenvalue weighted by Gasteiger charge is -2.08. The summed E-state index contributed by atoms with van der Waals surface area (Å²) < 4.78 is 37.5. The van der Waals surface area contributed by atoms with Crippen LogP contribution in [0.2, 0.25) is 0 Å². The summed E-state index contributed by atoms with van der Waals surface area (Å²) in [5.41, 5.74) is 3.06. The highest BCUT2D eigenvalue weighted by molar-refractivity contribution is 5.90. The van der Waals surface area contributed by atoms with E-state index >= 15 is 0 Å². The van der Waals surface area contributed by atoms with Crippen LogP contribution >= 0.6 is 0 Å². The van der Waals surface area contributed by atoms with Crippen LogP contribution < -0.4 is 5.73 Å². The molecular formula is C8H7F3N2O2. The topological polar surface area (TPSA) is 76.2 Å². The highest BCUT2D eigenvalue weighted by Gasteiger charge is 2.23. The fourth-order valence-electron chi connectivity index (χ4n) is 1.15. The smallest absolute Gasteiger partial charge is 0.338 e. The summed E-state index contributed by atoms with van der Waals surface area (Å²) >= 11 is 0. The first-order chi connectivity index (χ1) is 6.97. The van der Waals surface area contributed by atoms with Gasteiger partial charge >= 0.3 is 5.97 Å². The maximum Gasteiger partial charge on any atom is 0.338 e. The standard InChI is InChI=1S/C8H7F3N2O2/c9-5-1-3(7(10)11)6(8(14)15)4(2-12)13-5/h1,7H,2,12H2,(H,14,15). The van der Waals surface area contributed by atoms with Crippen molar-refractivity contribution in [3.63, 3.8) is 0 Å². The Balaban J connectivity index is 3.47. The van der Waals surface area contributed by atoms with E-state index in [-0.39, 0.29) is 0 Å². The summed E-state index contributed by atoms with van der Waals surface area (Å²) in [6, 6.07) is 0.396. The Bertz CT molecular complexity index is 396. The predicted octanol–water partition coefficient (Wildman–Crippen LogP) is 1.32. The third kappa shape index (κ3) is 2.24. The lowest BCUT2D eigenvalue weighted by molar-refractivity contribution is 0.0682. The fraction of sp³-hybridized carbons (Fsp3) is 0.250.